The fraction of sp³-hybridized carbons (Fsp3) is 1.00. The Morgan fingerprint density at radius 3 is 2.04 bits per heavy atom. The summed E-state index contributed by atoms with van der Waals surface area (Å²) in [5, 5.41) is 0. The number of hydrogen-bond donors (Lipinski definition) is 0. The summed E-state index contributed by atoms with van der Waals surface area (Å²) >= 11 is 0. The third-order valence-corrected chi connectivity index (χ3v) is 7.18. The molecular weight excluding hydrogens is 318 g/mol. The molecule has 154 valence electrons. The van der Waals surface area contributed by atoms with Gasteiger partial charge in [-0.15, -0.1) is 0 Å². The highest BCUT2D eigenvalue weighted by Gasteiger charge is 2.41. The summed E-state index contributed by atoms with van der Waals surface area (Å²) in [5.41, 5.74) is 0.948. The SMILES string of the molecule is CC(C)N1CCCN(C(C)(C)CC(C)(C)C2CCCN(C(C)(C)C)C2)C1. The maximum atomic E-state index is 2.75. The number of piperidine rings is 1. The second-order valence-electron chi connectivity index (χ2n) is 11.6. The van der Waals surface area contributed by atoms with Gasteiger partial charge in [0.15, 0.2) is 0 Å². The molecule has 2 rings (SSSR count). The van der Waals surface area contributed by atoms with Crippen molar-refractivity contribution in [3.05, 3.63) is 0 Å². The molecule has 1 unspecified atom stereocenters. The van der Waals surface area contributed by atoms with Crippen molar-refractivity contribution in [1.82, 2.24) is 14.7 Å². The topological polar surface area (TPSA) is 9.72 Å². The monoisotopic (exact) mass is 365 g/mol. The molecule has 2 aliphatic heterocycles. The predicted octanol–water partition coefficient (Wildman–Crippen LogP) is 5.07. The fourth-order valence-electron chi connectivity index (χ4n) is 5.34. The lowest BCUT2D eigenvalue weighted by atomic mass is 9.67. The van der Waals surface area contributed by atoms with Crippen LogP contribution in [0.4, 0.5) is 0 Å². The third-order valence-electron chi connectivity index (χ3n) is 7.18. The van der Waals surface area contributed by atoms with Gasteiger partial charge in [-0.05, 0) is 92.0 Å². The van der Waals surface area contributed by atoms with E-state index in [1.54, 1.807) is 0 Å². The van der Waals surface area contributed by atoms with Gasteiger partial charge in [0, 0.05) is 36.8 Å². The summed E-state index contributed by atoms with van der Waals surface area (Å²) in [4.78, 5) is 8.11. The molecule has 0 N–H and O–H groups in total. The zero-order valence-corrected chi connectivity index (χ0v) is 19.4. The molecular formula is C23H47N3. The highest BCUT2D eigenvalue weighted by Crippen LogP contribution is 2.43. The van der Waals surface area contributed by atoms with E-state index in [4.69, 9.17) is 0 Å². The van der Waals surface area contributed by atoms with Crippen molar-refractivity contribution in [3.63, 3.8) is 0 Å². The molecule has 0 bridgehead atoms. The van der Waals surface area contributed by atoms with E-state index in [0.717, 1.165) is 12.6 Å². The normalized spacial score (nSPS) is 25.8. The maximum absolute atomic E-state index is 2.75. The molecule has 3 nitrogen and oxygen atoms in total. The highest BCUT2D eigenvalue weighted by atomic mass is 15.4. The molecule has 0 spiro atoms. The molecule has 3 heteroatoms. The van der Waals surface area contributed by atoms with Crippen molar-refractivity contribution >= 4 is 0 Å². The zero-order valence-electron chi connectivity index (χ0n) is 19.4. The van der Waals surface area contributed by atoms with Gasteiger partial charge in [-0.1, -0.05) is 13.8 Å². The lowest BCUT2D eigenvalue weighted by Gasteiger charge is -2.52. The van der Waals surface area contributed by atoms with Gasteiger partial charge in [0.05, 0.1) is 6.67 Å². The molecule has 0 radical (unpaired) electrons. The van der Waals surface area contributed by atoms with Crippen LogP contribution in [0.1, 0.15) is 88.0 Å². The summed E-state index contributed by atoms with van der Waals surface area (Å²) in [6.45, 7) is 28.0. The Labute approximate surface area is 164 Å². The van der Waals surface area contributed by atoms with Crippen LogP contribution in [0.2, 0.25) is 0 Å². The number of hydrogen-bond acceptors (Lipinski definition) is 3. The van der Waals surface area contributed by atoms with Crippen molar-refractivity contribution in [1.29, 1.82) is 0 Å². The van der Waals surface area contributed by atoms with Gasteiger partial charge < -0.3 is 0 Å². The summed E-state index contributed by atoms with van der Waals surface area (Å²) < 4.78 is 0. The van der Waals surface area contributed by atoms with Crippen LogP contribution in [0.25, 0.3) is 0 Å². The van der Waals surface area contributed by atoms with Gasteiger partial charge in [0.2, 0.25) is 0 Å². The summed E-state index contributed by atoms with van der Waals surface area (Å²) in [5.74, 6) is 0.806. The van der Waals surface area contributed by atoms with E-state index in [1.807, 2.05) is 0 Å². The first kappa shape index (κ1) is 22.2. The Bertz CT molecular complexity index is 447. The van der Waals surface area contributed by atoms with E-state index >= 15 is 0 Å². The van der Waals surface area contributed by atoms with Crippen molar-refractivity contribution in [2.75, 3.05) is 32.8 Å². The molecule has 2 fully saturated rings. The van der Waals surface area contributed by atoms with Crippen LogP contribution in [0.5, 0.6) is 0 Å². The predicted molar refractivity (Wildman–Crippen MR) is 115 cm³/mol. The molecule has 2 aliphatic rings. The van der Waals surface area contributed by atoms with Crippen molar-refractivity contribution in [3.8, 4) is 0 Å². The van der Waals surface area contributed by atoms with E-state index in [-0.39, 0.29) is 5.54 Å². The van der Waals surface area contributed by atoms with Gasteiger partial charge in [-0.2, -0.15) is 0 Å². The average Bonchev–Trinajstić information content (AvgIpc) is 2.53. The van der Waals surface area contributed by atoms with Crippen LogP contribution in [0.3, 0.4) is 0 Å². The molecule has 0 saturated carbocycles. The quantitative estimate of drug-likeness (QED) is 0.674. The Morgan fingerprint density at radius 2 is 1.46 bits per heavy atom. The van der Waals surface area contributed by atoms with Gasteiger partial charge in [-0.3, -0.25) is 14.7 Å². The summed E-state index contributed by atoms with van der Waals surface area (Å²) in [7, 11) is 0. The fourth-order valence-corrected chi connectivity index (χ4v) is 5.34. The van der Waals surface area contributed by atoms with Gasteiger partial charge >= 0.3 is 0 Å². The van der Waals surface area contributed by atoms with E-state index in [9.17, 15) is 0 Å². The first-order valence-electron chi connectivity index (χ1n) is 11.1. The first-order chi connectivity index (χ1) is 11.8. The number of likely N-dealkylation sites (tertiary alicyclic amines) is 1. The lowest BCUT2D eigenvalue weighted by Crippen LogP contribution is -2.57. The van der Waals surface area contributed by atoms with Crippen LogP contribution in [0, 0.1) is 11.3 Å². The Morgan fingerprint density at radius 1 is 0.846 bits per heavy atom. The number of rotatable bonds is 5. The zero-order chi connectivity index (χ0) is 19.8. The largest absolute Gasteiger partial charge is 0.298 e. The molecule has 0 aromatic carbocycles. The molecule has 0 aromatic heterocycles. The van der Waals surface area contributed by atoms with Crippen LogP contribution in [-0.4, -0.2) is 64.7 Å². The summed E-state index contributed by atoms with van der Waals surface area (Å²) in [6.07, 6.45) is 5.35. The highest BCUT2D eigenvalue weighted by molar-refractivity contribution is 4.95. The van der Waals surface area contributed by atoms with E-state index in [2.05, 4.69) is 77.0 Å². The van der Waals surface area contributed by atoms with Gasteiger partial charge in [0.1, 0.15) is 0 Å². The molecule has 2 heterocycles. The van der Waals surface area contributed by atoms with E-state index < -0.39 is 0 Å². The van der Waals surface area contributed by atoms with Crippen molar-refractivity contribution < 1.29 is 0 Å². The van der Waals surface area contributed by atoms with Crippen molar-refractivity contribution in [2.24, 2.45) is 11.3 Å². The van der Waals surface area contributed by atoms with Gasteiger partial charge in [-0.25, -0.2) is 0 Å². The van der Waals surface area contributed by atoms with Crippen molar-refractivity contribution in [2.45, 2.75) is 105 Å². The maximum Gasteiger partial charge on any atom is 0.0513 e. The molecule has 26 heavy (non-hydrogen) atoms. The molecule has 0 amide bonds. The second-order valence-corrected chi connectivity index (χ2v) is 11.6. The lowest BCUT2D eigenvalue weighted by molar-refractivity contribution is -0.0399. The second kappa shape index (κ2) is 8.09. The Kier molecular flexibility index (Phi) is 6.90. The molecule has 0 aromatic rings. The standard InChI is InChI=1S/C23H47N3/c1-19(2)24-13-11-15-26(18-24)23(8,9)17-22(6,7)20-12-10-14-25(16-20)21(3,4)5/h19-20H,10-18H2,1-9H3. The Balaban J connectivity index is 2.04. The minimum Gasteiger partial charge on any atom is -0.298 e. The molecule has 2 saturated heterocycles. The third kappa shape index (κ3) is 5.45. The van der Waals surface area contributed by atoms with E-state index in [0.29, 0.717) is 17.0 Å². The van der Waals surface area contributed by atoms with Crippen LogP contribution in [-0.2, 0) is 0 Å². The minimum atomic E-state index is 0.265. The number of nitrogens with zero attached hydrogens (tertiary/aromatic N) is 3. The Hall–Kier alpha value is -0.120. The van der Waals surface area contributed by atoms with Crippen LogP contribution in [0.15, 0.2) is 0 Å². The molecule has 0 aliphatic carbocycles. The summed E-state index contributed by atoms with van der Waals surface area (Å²) in [6, 6.07) is 0.653. The average molecular weight is 366 g/mol. The first-order valence-corrected chi connectivity index (χ1v) is 11.1. The smallest absolute Gasteiger partial charge is 0.0513 e. The van der Waals surface area contributed by atoms with Crippen LogP contribution >= 0.6 is 0 Å². The minimum absolute atomic E-state index is 0.265. The van der Waals surface area contributed by atoms with E-state index in [1.165, 1.54) is 51.9 Å². The molecule has 1 atom stereocenters. The van der Waals surface area contributed by atoms with Crippen LogP contribution < -0.4 is 0 Å². The van der Waals surface area contributed by atoms with Gasteiger partial charge in [0.25, 0.3) is 0 Å².